The van der Waals surface area contributed by atoms with Crippen molar-refractivity contribution in [3.63, 3.8) is 0 Å². The lowest BCUT2D eigenvalue weighted by molar-refractivity contribution is 0.214. The molecule has 0 heterocycles. The molecular weight excluding hydrogens is 246 g/mol. The number of hydrogen-bond donors (Lipinski definition) is 1. The lowest BCUT2D eigenvalue weighted by Crippen LogP contribution is -2.04. The maximum atomic E-state index is 13.7. The highest BCUT2D eigenvalue weighted by Gasteiger charge is 2.18. The van der Waals surface area contributed by atoms with E-state index in [1.807, 2.05) is 12.1 Å². The third-order valence-corrected chi connectivity index (χ3v) is 3.69. The van der Waals surface area contributed by atoms with Gasteiger partial charge in [-0.25, -0.2) is 8.78 Å². The highest BCUT2D eigenvalue weighted by atomic mass is 19.1. The normalized spacial score (nSPS) is 15.3. The number of benzene rings is 2. The molecule has 0 aromatic heterocycles. The lowest BCUT2D eigenvalue weighted by atomic mass is 9.97. The van der Waals surface area contributed by atoms with Crippen LogP contribution in [0.2, 0.25) is 0 Å². The summed E-state index contributed by atoms with van der Waals surface area (Å²) < 4.78 is 26.8. The van der Waals surface area contributed by atoms with Crippen LogP contribution in [0, 0.1) is 11.6 Å². The molecule has 1 N–H and O–H groups in total. The fourth-order valence-corrected chi connectivity index (χ4v) is 2.67. The van der Waals surface area contributed by atoms with Crippen molar-refractivity contribution in [3.8, 4) is 0 Å². The second-order valence-electron chi connectivity index (χ2n) is 4.95. The Kier molecular flexibility index (Phi) is 3.07. The Morgan fingerprint density at radius 2 is 1.74 bits per heavy atom. The fraction of sp³-hybridized carbons (Fsp3) is 0.250. The first-order valence-corrected chi connectivity index (χ1v) is 6.40. The van der Waals surface area contributed by atoms with Crippen molar-refractivity contribution in [2.24, 2.45) is 0 Å². The van der Waals surface area contributed by atoms with Gasteiger partial charge in [0.1, 0.15) is 17.7 Å². The SMILES string of the molecule is OC(c1ccc2c(c1)CCC2)c1cc(F)ccc1F. The van der Waals surface area contributed by atoms with Gasteiger partial charge in [-0.2, -0.15) is 0 Å². The van der Waals surface area contributed by atoms with Crippen LogP contribution in [0.1, 0.15) is 34.8 Å². The van der Waals surface area contributed by atoms with Crippen LogP contribution in [0.4, 0.5) is 8.78 Å². The Balaban J connectivity index is 1.99. The minimum absolute atomic E-state index is 0.0158. The first-order valence-electron chi connectivity index (χ1n) is 6.40. The summed E-state index contributed by atoms with van der Waals surface area (Å²) in [7, 11) is 0. The summed E-state index contributed by atoms with van der Waals surface area (Å²) in [5.74, 6) is -1.13. The number of rotatable bonds is 2. The molecule has 1 atom stereocenters. The van der Waals surface area contributed by atoms with Gasteiger partial charge >= 0.3 is 0 Å². The van der Waals surface area contributed by atoms with E-state index in [9.17, 15) is 13.9 Å². The predicted octanol–water partition coefficient (Wildman–Crippen LogP) is 3.54. The summed E-state index contributed by atoms with van der Waals surface area (Å²) in [6.07, 6.45) is 2.03. The van der Waals surface area contributed by atoms with Crippen LogP contribution < -0.4 is 0 Å². The Bertz CT molecular complexity index is 622. The average Bonchev–Trinajstić information content (AvgIpc) is 2.88. The van der Waals surface area contributed by atoms with Crippen molar-refractivity contribution in [1.82, 2.24) is 0 Å². The lowest BCUT2D eigenvalue weighted by Gasteiger charge is -2.14. The molecular formula is C16H14F2O. The Hall–Kier alpha value is -1.74. The monoisotopic (exact) mass is 260 g/mol. The van der Waals surface area contributed by atoms with Crippen molar-refractivity contribution < 1.29 is 13.9 Å². The van der Waals surface area contributed by atoms with E-state index in [0.717, 1.165) is 37.5 Å². The summed E-state index contributed by atoms with van der Waals surface area (Å²) in [5.41, 5.74) is 3.09. The summed E-state index contributed by atoms with van der Waals surface area (Å²) in [6.45, 7) is 0. The van der Waals surface area contributed by atoms with Crippen molar-refractivity contribution in [2.75, 3.05) is 0 Å². The number of aliphatic hydroxyl groups excluding tert-OH is 1. The van der Waals surface area contributed by atoms with Crippen molar-refractivity contribution >= 4 is 0 Å². The third kappa shape index (κ3) is 2.26. The molecule has 0 saturated heterocycles. The predicted molar refractivity (Wildman–Crippen MR) is 68.9 cm³/mol. The first-order chi connectivity index (χ1) is 9.15. The van der Waals surface area contributed by atoms with Gasteiger partial charge in [-0.15, -0.1) is 0 Å². The second-order valence-corrected chi connectivity index (χ2v) is 4.95. The van der Waals surface area contributed by atoms with E-state index in [2.05, 4.69) is 0 Å². The smallest absolute Gasteiger partial charge is 0.129 e. The van der Waals surface area contributed by atoms with Crippen LogP contribution in [0.3, 0.4) is 0 Å². The van der Waals surface area contributed by atoms with Crippen LogP contribution in [0.25, 0.3) is 0 Å². The molecule has 1 unspecified atom stereocenters. The van der Waals surface area contributed by atoms with Crippen LogP contribution in [0.15, 0.2) is 36.4 Å². The fourth-order valence-electron chi connectivity index (χ4n) is 2.67. The van der Waals surface area contributed by atoms with E-state index in [0.29, 0.717) is 5.56 Å². The van der Waals surface area contributed by atoms with Crippen molar-refractivity contribution in [1.29, 1.82) is 0 Å². The van der Waals surface area contributed by atoms with Gasteiger partial charge in [-0.3, -0.25) is 0 Å². The Labute approximate surface area is 110 Å². The number of aryl methyl sites for hydroxylation is 2. The van der Waals surface area contributed by atoms with E-state index in [1.165, 1.54) is 11.1 Å². The number of fused-ring (bicyclic) bond motifs is 1. The van der Waals surface area contributed by atoms with Crippen LogP contribution >= 0.6 is 0 Å². The zero-order valence-electron chi connectivity index (χ0n) is 10.4. The summed E-state index contributed by atoms with van der Waals surface area (Å²) in [4.78, 5) is 0. The Morgan fingerprint density at radius 3 is 2.58 bits per heavy atom. The van der Waals surface area contributed by atoms with E-state index < -0.39 is 17.7 Å². The number of halogens is 2. The van der Waals surface area contributed by atoms with Gasteiger partial charge < -0.3 is 5.11 Å². The quantitative estimate of drug-likeness (QED) is 0.875. The van der Waals surface area contributed by atoms with Gasteiger partial charge in [0.25, 0.3) is 0 Å². The zero-order chi connectivity index (χ0) is 13.4. The molecule has 1 aliphatic rings. The molecule has 2 aromatic carbocycles. The maximum absolute atomic E-state index is 13.7. The van der Waals surface area contributed by atoms with Gasteiger partial charge in [0, 0.05) is 5.56 Å². The summed E-state index contributed by atoms with van der Waals surface area (Å²) in [6, 6.07) is 8.80. The molecule has 3 rings (SSSR count). The molecule has 0 bridgehead atoms. The molecule has 0 spiro atoms. The molecule has 98 valence electrons. The minimum atomic E-state index is -1.12. The van der Waals surface area contributed by atoms with Crippen LogP contribution in [-0.4, -0.2) is 5.11 Å². The van der Waals surface area contributed by atoms with Gasteiger partial charge in [-0.05, 0) is 54.2 Å². The molecule has 0 saturated carbocycles. The third-order valence-electron chi connectivity index (χ3n) is 3.69. The summed E-state index contributed by atoms with van der Waals surface area (Å²) >= 11 is 0. The minimum Gasteiger partial charge on any atom is -0.384 e. The van der Waals surface area contributed by atoms with Gasteiger partial charge in [0.05, 0.1) is 0 Å². The summed E-state index contributed by atoms with van der Waals surface area (Å²) in [5, 5.41) is 10.2. The largest absolute Gasteiger partial charge is 0.384 e. The highest BCUT2D eigenvalue weighted by Crippen LogP contribution is 2.29. The molecule has 0 amide bonds. The first kappa shape index (κ1) is 12.3. The van der Waals surface area contributed by atoms with Crippen LogP contribution in [0.5, 0.6) is 0 Å². The molecule has 3 heteroatoms. The standard InChI is InChI=1S/C16H14F2O/c17-13-6-7-15(18)14(9-13)16(19)12-5-4-10-2-1-3-11(10)8-12/h4-9,16,19H,1-3H2. The van der Waals surface area contributed by atoms with Gasteiger partial charge in [-0.1, -0.05) is 18.2 Å². The van der Waals surface area contributed by atoms with E-state index in [4.69, 9.17) is 0 Å². The molecule has 0 fully saturated rings. The van der Waals surface area contributed by atoms with E-state index in [1.54, 1.807) is 6.07 Å². The van der Waals surface area contributed by atoms with Crippen LogP contribution in [-0.2, 0) is 12.8 Å². The number of hydrogen-bond acceptors (Lipinski definition) is 1. The Morgan fingerprint density at radius 1 is 0.947 bits per heavy atom. The van der Waals surface area contributed by atoms with E-state index >= 15 is 0 Å². The highest BCUT2D eigenvalue weighted by molar-refractivity contribution is 5.39. The van der Waals surface area contributed by atoms with Gasteiger partial charge in [0.2, 0.25) is 0 Å². The topological polar surface area (TPSA) is 20.2 Å². The molecule has 0 aliphatic heterocycles. The molecule has 1 nitrogen and oxygen atoms in total. The maximum Gasteiger partial charge on any atom is 0.129 e. The number of aliphatic hydroxyl groups is 1. The van der Waals surface area contributed by atoms with Gasteiger partial charge in [0.15, 0.2) is 0 Å². The molecule has 1 aliphatic carbocycles. The average molecular weight is 260 g/mol. The van der Waals surface area contributed by atoms with E-state index in [-0.39, 0.29) is 5.56 Å². The second kappa shape index (κ2) is 4.74. The molecule has 2 aromatic rings. The zero-order valence-corrected chi connectivity index (χ0v) is 10.4. The van der Waals surface area contributed by atoms with Crippen molar-refractivity contribution in [2.45, 2.75) is 25.4 Å². The van der Waals surface area contributed by atoms with Crippen molar-refractivity contribution in [3.05, 3.63) is 70.3 Å². The molecule has 0 radical (unpaired) electrons. The molecule has 19 heavy (non-hydrogen) atoms.